The van der Waals surface area contributed by atoms with Crippen LogP contribution in [0, 0.1) is 0 Å². The summed E-state index contributed by atoms with van der Waals surface area (Å²) in [6, 6.07) is 3.68. The highest BCUT2D eigenvalue weighted by Crippen LogP contribution is 2.35. The predicted molar refractivity (Wildman–Crippen MR) is 68.4 cm³/mol. The number of rotatable bonds is 2. The van der Waals surface area contributed by atoms with E-state index >= 15 is 0 Å². The van der Waals surface area contributed by atoms with Crippen LogP contribution in [0.2, 0.25) is 0 Å². The second-order valence-electron chi connectivity index (χ2n) is 4.65. The van der Waals surface area contributed by atoms with Gasteiger partial charge in [-0.1, -0.05) is 23.2 Å². The molecular weight excluding hydrogens is 277 g/mol. The lowest BCUT2D eigenvalue weighted by Gasteiger charge is -2.45. The van der Waals surface area contributed by atoms with Gasteiger partial charge in [-0.3, -0.25) is 4.79 Å². The lowest BCUT2D eigenvalue weighted by Crippen LogP contribution is -2.55. The standard InChI is InChI=1S/C12H15Cl2NO3/c1-12(2)15(11(16)10(13)14)6-5-9(18-12)8-4-3-7-17-8/h3-4,7,9-10H,5-6H2,1-2H3. The monoisotopic (exact) mass is 291 g/mol. The maximum Gasteiger partial charge on any atom is 0.258 e. The molecular formula is C12H15Cl2NO3. The first-order chi connectivity index (χ1) is 8.42. The molecule has 1 unspecified atom stereocenters. The van der Waals surface area contributed by atoms with Gasteiger partial charge in [-0.25, -0.2) is 0 Å². The molecule has 1 aromatic heterocycles. The molecule has 2 heterocycles. The molecule has 0 N–H and O–H groups in total. The second kappa shape index (κ2) is 5.11. The molecule has 1 aliphatic heterocycles. The number of carbonyl (C=O) groups is 1. The first-order valence-corrected chi connectivity index (χ1v) is 6.60. The van der Waals surface area contributed by atoms with Gasteiger partial charge in [-0.2, -0.15) is 0 Å². The molecule has 1 saturated heterocycles. The first kappa shape index (κ1) is 13.7. The fraction of sp³-hybridized carbons (Fsp3) is 0.583. The van der Waals surface area contributed by atoms with Gasteiger partial charge in [0.2, 0.25) is 0 Å². The van der Waals surface area contributed by atoms with Crippen LogP contribution >= 0.6 is 23.2 Å². The molecule has 1 aliphatic rings. The van der Waals surface area contributed by atoms with E-state index < -0.39 is 10.6 Å². The minimum absolute atomic E-state index is 0.150. The maximum atomic E-state index is 11.9. The van der Waals surface area contributed by atoms with Crippen LogP contribution < -0.4 is 0 Å². The number of hydrogen-bond acceptors (Lipinski definition) is 3. The Morgan fingerprint density at radius 2 is 2.28 bits per heavy atom. The third-order valence-electron chi connectivity index (χ3n) is 3.01. The Labute approximate surface area is 116 Å². The SMILES string of the molecule is CC1(C)OC(c2ccco2)CCN1C(=O)C(Cl)Cl. The highest BCUT2D eigenvalue weighted by Gasteiger charge is 2.41. The van der Waals surface area contributed by atoms with Crippen molar-refractivity contribution in [2.75, 3.05) is 6.54 Å². The Balaban J connectivity index is 2.11. The number of nitrogens with zero attached hydrogens (tertiary/aromatic N) is 1. The molecule has 0 spiro atoms. The zero-order valence-corrected chi connectivity index (χ0v) is 11.7. The van der Waals surface area contributed by atoms with Gasteiger partial charge >= 0.3 is 0 Å². The van der Waals surface area contributed by atoms with Crippen molar-refractivity contribution >= 4 is 29.1 Å². The van der Waals surface area contributed by atoms with E-state index in [0.717, 1.165) is 5.76 Å². The summed E-state index contributed by atoms with van der Waals surface area (Å²) in [7, 11) is 0. The fourth-order valence-corrected chi connectivity index (χ4v) is 2.39. The highest BCUT2D eigenvalue weighted by molar-refractivity contribution is 6.53. The van der Waals surface area contributed by atoms with Crippen molar-refractivity contribution in [2.24, 2.45) is 0 Å². The number of ether oxygens (including phenoxy) is 1. The van der Waals surface area contributed by atoms with Crippen LogP contribution in [0.1, 0.15) is 32.1 Å². The minimum atomic E-state index is -1.06. The summed E-state index contributed by atoms with van der Waals surface area (Å²) < 4.78 is 11.2. The van der Waals surface area contributed by atoms with E-state index in [9.17, 15) is 4.79 Å². The van der Waals surface area contributed by atoms with Crippen LogP contribution in [0.15, 0.2) is 22.8 Å². The van der Waals surface area contributed by atoms with Crippen LogP contribution in [0.5, 0.6) is 0 Å². The van der Waals surface area contributed by atoms with E-state index in [-0.39, 0.29) is 12.0 Å². The van der Waals surface area contributed by atoms with Crippen LogP contribution in [0.3, 0.4) is 0 Å². The van der Waals surface area contributed by atoms with Gasteiger partial charge in [-0.15, -0.1) is 0 Å². The summed E-state index contributed by atoms with van der Waals surface area (Å²) in [6.45, 7) is 4.17. The molecule has 4 nitrogen and oxygen atoms in total. The molecule has 1 atom stereocenters. The van der Waals surface area contributed by atoms with Gasteiger partial charge in [0.25, 0.3) is 5.91 Å². The van der Waals surface area contributed by atoms with Crippen molar-refractivity contribution in [1.29, 1.82) is 0 Å². The normalized spacial score (nSPS) is 23.4. The van der Waals surface area contributed by atoms with Gasteiger partial charge in [-0.05, 0) is 32.4 Å². The predicted octanol–water partition coefficient (Wildman–Crippen LogP) is 3.11. The Morgan fingerprint density at radius 3 is 2.78 bits per heavy atom. The topological polar surface area (TPSA) is 42.7 Å². The summed E-state index contributed by atoms with van der Waals surface area (Å²) in [4.78, 5) is 12.4. The molecule has 1 fully saturated rings. The van der Waals surface area contributed by atoms with Gasteiger partial charge in [0.15, 0.2) is 4.84 Å². The van der Waals surface area contributed by atoms with Gasteiger partial charge in [0.05, 0.1) is 6.26 Å². The highest BCUT2D eigenvalue weighted by atomic mass is 35.5. The van der Waals surface area contributed by atoms with E-state index in [2.05, 4.69) is 0 Å². The van der Waals surface area contributed by atoms with Gasteiger partial charge in [0, 0.05) is 6.54 Å². The van der Waals surface area contributed by atoms with Crippen molar-refractivity contribution in [2.45, 2.75) is 36.9 Å². The van der Waals surface area contributed by atoms with Crippen LogP contribution in [-0.2, 0) is 9.53 Å². The van der Waals surface area contributed by atoms with Crippen molar-refractivity contribution < 1.29 is 13.9 Å². The maximum absolute atomic E-state index is 11.9. The Morgan fingerprint density at radius 1 is 1.56 bits per heavy atom. The van der Waals surface area contributed by atoms with Crippen molar-refractivity contribution in [1.82, 2.24) is 4.90 Å². The smallest absolute Gasteiger partial charge is 0.258 e. The summed E-state index contributed by atoms with van der Waals surface area (Å²) in [6.07, 6.45) is 2.11. The molecule has 100 valence electrons. The molecule has 0 aliphatic carbocycles. The lowest BCUT2D eigenvalue weighted by atomic mass is 10.1. The molecule has 1 aromatic rings. The van der Waals surface area contributed by atoms with Crippen molar-refractivity contribution in [3.05, 3.63) is 24.2 Å². The third kappa shape index (κ3) is 2.66. The number of carbonyl (C=O) groups excluding carboxylic acids is 1. The number of furan rings is 1. The van der Waals surface area contributed by atoms with E-state index in [1.165, 1.54) is 0 Å². The number of amides is 1. The van der Waals surface area contributed by atoms with E-state index in [0.29, 0.717) is 13.0 Å². The van der Waals surface area contributed by atoms with Crippen LogP contribution in [0.25, 0.3) is 0 Å². The Hall–Kier alpha value is -0.710. The van der Waals surface area contributed by atoms with Gasteiger partial charge < -0.3 is 14.1 Å². The zero-order valence-electron chi connectivity index (χ0n) is 10.2. The number of hydrogen-bond donors (Lipinski definition) is 0. The lowest BCUT2D eigenvalue weighted by molar-refractivity contribution is -0.208. The summed E-state index contributed by atoms with van der Waals surface area (Å²) in [5.74, 6) is 0.435. The quantitative estimate of drug-likeness (QED) is 0.787. The van der Waals surface area contributed by atoms with Crippen molar-refractivity contribution in [3.8, 4) is 0 Å². The second-order valence-corrected chi connectivity index (χ2v) is 5.74. The molecule has 18 heavy (non-hydrogen) atoms. The molecule has 2 rings (SSSR count). The fourth-order valence-electron chi connectivity index (χ4n) is 2.15. The summed E-state index contributed by atoms with van der Waals surface area (Å²) in [5, 5.41) is 0. The average molecular weight is 292 g/mol. The van der Waals surface area contributed by atoms with Gasteiger partial charge in [0.1, 0.15) is 17.6 Å². The molecule has 0 saturated carbocycles. The molecule has 0 radical (unpaired) electrons. The summed E-state index contributed by atoms with van der Waals surface area (Å²) in [5.41, 5.74) is -0.755. The molecule has 1 amide bonds. The molecule has 0 bridgehead atoms. The van der Waals surface area contributed by atoms with Crippen molar-refractivity contribution in [3.63, 3.8) is 0 Å². The third-order valence-corrected chi connectivity index (χ3v) is 3.38. The number of halogens is 2. The average Bonchev–Trinajstić information content (AvgIpc) is 2.80. The van der Waals surface area contributed by atoms with E-state index in [1.807, 2.05) is 26.0 Å². The van der Waals surface area contributed by atoms with E-state index in [1.54, 1.807) is 11.2 Å². The summed E-state index contributed by atoms with van der Waals surface area (Å²) >= 11 is 11.2. The molecule has 6 heteroatoms. The number of alkyl halides is 2. The first-order valence-electron chi connectivity index (χ1n) is 5.72. The zero-order chi connectivity index (χ0) is 13.3. The molecule has 0 aromatic carbocycles. The van der Waals surface area contributed by atoms with Crippen LogP contribution in [-0.4, -0.2) is 27.9 Å². The van der Waals surface area contributed by atoms with Crippen LogP contribution in [0.4, 0.5) is 0 Å². The largest absolute Gasteiger partial charge is 0.467 e. The Kier molecular flexibility index (Phi) is 3.90. The Bertz CT molecular complexity index is 417. The minimum Gasteiger partial charge on any atom is -0.467 e. The van der Waals surface area contributed by atoms with E-state index in [4.69, 9.17) is 32.4 Å².